The standard InChI is InChI=1S/C18H19FN2O3S/c1-2-18(22)21-11-3-4-13-5-8-15(12-17(13)21)20-25(23,24)16-9-6-14(19)7-10-16/h5-10,12,20H,2-4,11H2,1H3. The first-order chi connectivity index (χ1) is 11.9. The van der Waals surface area contributed by atoms with E-state index in [1.165, 1.54) is 12.1 Å². The molecule has 0 atom stereocenters. The van der Waals surface area contributed by atoms with Crippen LogP contribution < -0.4 is 9.62 Å². The molecule has 1 aliphatic heterocycles. The number of carbonyl (C=O) groups excluding carboxylic acids is 1. The Morgan fingerprint density at radius 1 is 1.20 bits per heavy atom. The SMILES string of the molecule is CCC(=O)N1CCCc2ccc(NS(=O)(=O)c3ccc(F)cc3)cc21. The molecule has 1 aliphatic rings. The largest absolute Gasteiger partial charge is 0.312 e. The van der Waals surface area contributed by atoms with Crippen molar-refractivity contribution in [1.29, 1.82) is 0 Å². The van der Waals surface area contributed by atoms with Gasteiger partial charge in [-0.05, 0) is 54.8 Å². The van der Waals surface area contributed by atoms with Crippen LogP contribution in [-0.4, -0.2) is 20.9 Å². The molecular formula is C18H19FN2O3S. The predicted molar refractivity (Wildman–Crippen MR) is 94.6 cm³/mol. The van der Waals surface area contributed by atoms with Crippen LogP contribution in [0, 0.1) is 5.82 Å². The molecule has 5 nitrogen and oxygen atoms in total. The third-order valence-electron chi connectivity index (χ3n) is 4.18. The molecule has 7 heteroatoms. The number of rotatable bonds is 4. The zero-order valence-corrected chi connectivity index (χ0v) is 14.6. The summed E-state index contributed by atoms with van der Waals surface area (Å²) in [4.78, 5) is 13.8. The van der Waals surface area contributed by atoms with Gasteiger partial charge in [-0.15, -0.1) is 0 Å². The normalized spacial score (nSPS) is 14.1. The molecule has 3 rings (SSSR count). The van der Waals surface area contributed by atoms with E-state index in [2.05, 4.69) is 4.72 Å². The van der Waals surface area contributed by atoms with Gasteiger partial charge in [0.15, 0.2) is 0 Å². The maximum Gasteiger partial charge on any atom is 0.261 e. The molecule has 1 N–H and O–H groups in total. The number of nitrogens with zero attached hydrogens (tertiary/aromatic N) is 1. The van der Waals surface area contributed by atoms with Gasteiger partial charge in [0.05, 0.1) is 10.6 Å². The van der Waals surface area contributed by atoms with Crippen LogP contribution >= 0.6 is 0 Å². The first kappa shape index (κ1) is 17.4. The van der Waals surface area contributed by atoms with Crippen LogP contribution in [-0.2, 0) is 21.2 Å². The number of halogens is 1. The molecule has 0 bridgehead atoms. The fourth-order valence-electron chi connectivity index (χ4n) is 2.92. The van der Waals surface area contributed by atoms with Crippen molar-refractivity contribution in [2.45, 2.75) is 31.1 Å². The summed E-state index contributed by atoms with van der Waals surface area (Å²) in [5, 5.41) is 0. The average molecular weight is 362 g/mol. The second kappa shape index (κ2) is 6.84. The van der Waals surface area contributed by atoms with Crippen molar-refractivity contribution in [2.24, 2.45) is 0 Å². The number of anilines is 2. The Morgan fingerprint density at radius 3 is 2.60 bits per heavy atom. The van der Waals surface area contributed by atoms with Gasteiger partial charge in [-0.2, -0.15) is 0 Å². The fraction of sp³-hybridized carbons (Fsp3) is 0.278. The quantitative estimate of drug-likeness (QED) is 0.907. The number of fused-ring (bicyclic) bond motifs is 1. The van der Waals surface area contributed by atoms with Crippen LogP contribution in [0.3, 0.4) is 0 Å². The molecule has 0 fully saturated rings. The molecule has 2 aromatic carbocycles. The summed E-state index contributed by atoms with van der Waals surface area (Å²) in [5.74, 6) is -0.485. The molecule has 0 aliphatic carbocycles. The van der Waals surface area contributed by atoms with E-state index in [-0.39, 0.29) is 10.8 Å². The Hall–Kier alpha value is -2.41. The third kappa shape index (κ3) is 3.66. The van der Waals surface area contributed by atoms with E-state index in [1.54, 1.807) is 24.0 Å². The number of sulfonamides is 1. The van der Waals surface area contributed by atoms with Crippen molar-refractivity contribution in [3.63, 3.8) is 0 Å². The highest BCUT2D eigenvalue weighted by Gasteiger charge is 2.22. The molecule has 0 saturated carbocycles. The maximum atomic E-state index is 13.0. The van der Waals surface area contributed by atoms with Crippen molar-refractivity contribution in [2.75, 3.05) is 16.2 Å². The van der Waals surface area contributed by atoms with Crippen molar-refractivity contribution in [3.8, 4) is 0 Å². The van der Waals surface area contributed by atoms with Crippen LogP contribution in [0.4, 0.5) is 15.8 Å². The van der Waals surface area contributed by atoms with E-state index in [1.807, 2.05) is 6.07 Å². The molecule has 1 heterocycles. The Morgan fingerprint density at radius 2 is 1.92 bits per heavy atom. The van der Waals surface area contributed by atoms with Gasteiger partial charge in [-0.1, -0.05) is 13.0 Å². The smallest absolute Gasteiger partial charge is 0.261 e. The summed E-state index contributed by atoms with van der Waals surface area (Å²) in [6.45, 7) is 2.44. The first-order valence-corrected chi connectivity index (χ1v) is 9.60. The summed E-state index contributed by atoms with van der Waals surface area (Å²) < 4.78 is 40.4. The highest BCUT2D eigenvalue weighted by Crippen LogP contribution is 2.31. The zero-order valence-electron chi connectivity index (χ0n) is 13.8. The summed E-state index contributed by atoms with van der Waals surface area (Å²) in [6, 6.07) is 9.83. The van der Waals surface area contributed by atoms with Gasteiger partial charge < -0.3 is 4.90 Å². The predicted octanol–water partition coefficient (Wildman–Crippen LogP) is 3.32. The third-order valence-corrected chi connectivity index (χ3v) is 5.58. The summed E-state index contributed by atoms with van der Waals surface area (Å²) in [7, 11) is -3.82. The number of amides is 1. The Kier molecular flexibility index (Phi) is 4.76. The minimum Gasteiger partial charge on any atom is -0.312 e. The minimum atomic E-state index is -3.82. The molecule has 0 radical (unpaired) electrons. The minimum absolute atomic E-state index is 0.0134. The van der Waals surface area contributed by atoms with Gasteiger partial charge >= 0.3 is 0 Å². The molecule has 1 amide bonds. The van der Waals surface area contributed by atoms with Gasteiger partial charge in [0, 0.05) is 18.7 Å². The summed E-state index contributed by atoms with van der Waals surface area (Å²) in [5.41, 5.74) is 2.15. The van der Waals surface area contributed by atoms with Gasteiger partial charge in [-0.25, -0.2) is 12.8 Å². The van der Waals surface area contributed by atoms with E-state index in [0.29, 0.717) is 18.7 Å². The molecule has 2 aromatic rings. The van der Waals surface area contributed by atoms with E-state index < -0.39 is 15.8 Å². The zero-order chi connectivity index (χ0) is 18.0. The van der Waals surface area contributed by atoms with Crippen molar-refractivity contribution >= 4 is 27.3 Å². The van der Waals surface area contributed by atoms with Gasteiger partial charge in [0.1, 0.15) is 5.82 Å². The van der Waals surface area contributed by atoms with Crippen molar-refractivity contribution in [1.82, 2.24) is 0 Å². The van der Waals surface area contributed by atoms with Gasteiger partial charge in [-0.3, -0.25) is 9.52 Å². The average Bonchev–Trinajstić information content (AvgIpc) is 2.60. The molecule has 25 heavy (non-hydrogen) atoms. The van der Waals surface area contributed by atoms with E-state index in [4.69, 9.17) is 0 Å². The number of hydrogen-bond donors (Lipinski definition) is 1. The van der Waals surface area contributed by atoms with Crippen molar-refractivity contribution < 1.29 is 17.6 Å². The topological polar surface area (TPSA) is 66.5 Å². The Bertz CT molecular complexity index is 895. The molecular weight excluding hydrogens is 343 g/mol. The summed E-state index contributed by atoms with van der Waals surface area (Å²) in [6.07, 6.45) is 2.14. The molecule has 0 saturated heterocycles. The number of carbonyl (C=O) groups is 1. The first-order valence-electron chi connectivity index (χ1n) is 8.12. The summed E-state index contributed by atoms with van der Waals surface area (Å²) >= 11 is 0. The highest BCUT2D eigenvalue weighted by atomic mass is 32.2. The molecule has 0 aromatic heterocycles. The number of hydrogen-bond acceptors (Lipinski definition) is 3. The molecule has 132 valence electrons. The Balaban J connectivity index is 1.91. The lowest BCUT2D eigenvalue weighted by Gasteiger charge is -2.29. The maximum absolute atomic E-state index is 13.0. The van der Waals surface area contributed by atoms with Gasteiger partial charge in [0.25, 0.3) is 10.0 Å². The van der Waals surface area contributed by atoms with Crippen LogP contribution in [0.1, 0.15) is 25.3 Å². The van der Waals surface area contributed by atoms with Crippen LogP contribution in [0.2, 0.25) is 0 Å². The fourth-order valence-corrected chi connectivity index (χ4v) is 3.97. The second-order valence-electron chi connectivity index (χ2n) is 5.91. The van der Waals surface area contributed by atoms with E-state index in [0.717, 1.165) is 36.2 Å². The van der Waals surface area contributed by atoms with Crippen molar-refractivity contribution in [3.05, 3.63) is 53.8 Å². The van der Waals surface area contributed by atoms with E-state index >= 15 is 0 Å². The molecule has 0 unspecified atom stereocenters. The number of nitrogens with one attached hydrogen (secondary N) is 1. The number of aryl methyl sites for hydroxylation is 1. The lowest BCUT2D eigenvalue weighted by atomic mass is 10.0. The van der Waals surface area contributed by atoms with Crippen LogP contribution in [0.25, 0.3) is 0 Å². The molecule has 0 spiro atoms. The monoisotopic (exact) mass is 362 g/mol. The van der Waals surface area contributed by atoms with Crippen LogP contribution in [0.5, 0.6) is 0 Å². The van der Waals surface area contributed by atoms with E-state index in [9.17, 15) is 17.6 Å². The second-order valence-corrected chi connectivity index (χ2v) is 7.59. The van der Waals surface area contributed by atoms with Gasteiger partial charge in [0.2, 0.25) is 5.91 Å². The lowest BCUT2D eigenvalue weighted by Crippen LogP contribution is -2.35. The highest BCUT2D eigenvalue weighted by molar-refractivity contribution is 7.92. The lowest BCUT2D eigenvalue weighted by molar-refractivity contribution is -0.118. The van der Waals surface area contributed by atoms with Crippen LogP contribution in [0.15, 0.2) is 47.4 Å². The Labute approximate surface area is 146 Å². The number of benzene rings is 2.